The molecule has 0 aliphatic carbocycles. The second kappa shape index (κ2) is 10.4. The fraction of sp³-hybridized carbons (Fsp3) is 0.409. The number of hydrogen-bond acceptors (Lipinski definition) is 4. The van der Waals surface area contributed by atoms with Crippen molar-refractivity contribution in [3.8, 4) is 5.69 Å². The van der Waals surface area contributed by atoms with Gasteiger partial charge in [-0.1, -0.05) is 39.0 Å². The van der Waals surface area contributed by atoms with Crippen LogP contribution in [0, 0.1) is 13.8 Å². The molecular formula is C22H31IN6S. The number of aliphatic imine (C=N–C) groups is 1. The number of para-hydroxylation sites is 1. The van der Waals surface area contributed by atoms with Crippen molar-refractivity contribution in [2.45, 2.75) is 53.1 Å². The topological polar surface area (TPSA) is 67.1 Å². The van der Waals surface area contributed by atoms with E-state index in [1.54, 1.807) is 18.4 Å². The lowest BCUT2D eigenvalue weighted by atomic mass is 9.93. The van der Waals surface area contributed by atoms with Crippen molar-refractivity contribution < 1.29 is 0 Å². The van der Waals surface area contributed by atoms with Gasteiger partial charge in [0.05, 0.1) is 23.6 Å². The predicted molar refractivity (Wildman–Crippen MR) is 136 cm³/mol. The molecule has 0 radical (unpaired) electrons. The number of nitrogens with one attached hydrogen (secondary N) is 2. The van der Waals surface area contributed by atoms with Crippen LogP contribution in [0.5, 0.6) is 0 Å². The number of aromatic nitrogens is 3. The Morgan fingerprint density at radius 3 is 2.43 bits per heavy atom. The minimum Gasteiger partial charge on any atom is -0.352 e. The average Bonchev–Trinajstić information content (AvgIpc) is 3.28. The second-order valence-corrected chi connectivity index (χ2v) is 9.07. The number of guanidine groups is 1. The molecule has 30 heavy (non-hydrogen) atoms. The molecule has 1 aromatic carbocycles. The van der Waals surface area contributed by atoms with Crippen molar-refractivity contribution in [2.24, 2.45) is 4.99 Å². The molecule has 3 aromatic rings. The molecule has 0 aliphatic rings. The quantitative estimate of drug-likeness (QED) is 0.280. The summed E-state index contributed by atoms with van der Waals surface area (Å²) in [5, 5.41) is 14.6. The second-order valence-electron chi connectivity index (χ2n) is 8.12. The van der Waals surface area contributed by atoms with Crippen molar-refractivity contribution in [3.63, 3.8) is 0 Å². The van der Waals surface area contributed by atoms with Gasteiger partial charge in [-0.05, 0) is 31.5 Å². The van der Waals surface area contributed by atoms with Gasteiger partial charge in [0.1, 0.15) is 5.01 Å². The maximum absolute atomic E-state index is 4.73. The Bertz CT molecular complexity index is 999. The molecule has 6 nitrogen and oxygen atoms in total. The van der Waals surface area contributed by atoms with E-state index in [-0.39, 0.29) is 29.4 Å². The third kappa shape index (κ3) is 6.04. The van der Waals surface area contributed by atoms with E-state index in [4.69, 9.17) is 4.98 Å². The largest absolute Gasteiger partial charge is 0.352 e. The Balaban J connectivity index is 0.00000320. The van der Waals surface area contributed by atoms with Crippen LogP contribution in [0.15, 0.2) is 40.7 Å². The summed E-state index contributed by atoms with van der Waals surface area (Å²) in [6, 6.07) is 10.4. The van der Waals surface area contributed by atoms with Gasteiger partial charge in [0.15, 0.2) is 5.96 Å². The Kier molecular flexibility index (Phi) is 8.42. The molecule has 0 aliphatic heterocycles. The minimum absolute atomic E-state index is 0. The van der Waals surface area contributed by atoms with Crippen LogP contribution in [-0.2, 0) is 18.5 Å². The average molecular weight is 539 g/mol. The van der Waals surface area contributed by atoms with E-state index in [0.717, 1.165) is 39.3 Å². The highest BCUT2D eigenvalue weighted by molar-refractivity contribution is 14.0. The summed E-state index contributed by atoms with van der Waals surface area (Å²) < 4.78 is 1.99. The Morgan fingerprint density at radius 1 is 1.13 bits per heavy atom. The molecule has 0 bridgehead atoms. The van der Waals surface area contributed by atoms with Gasteiger partial charge in [-0.25, -0.2) is 9.67 Å². The molecule has 2 N–H and O–H groups in total. The molecule has 0 spiro atoms. The van der Waals surface area contributed by atoms with Crippen LogP contribution in [-0.4, -0.2) is 27.8 Å². The lowest BCUT2D eigenvalue weighted by molar-refractivity contribution is 0.570. The Morgan fingerprint density at radius 2 is 1.83 bits per heavy atom. The van der Waals surface area contributed by atoms with Gasteiger partial charge in [-0.15, -0.1) is 35.3 Å². The summed E-state index contributed by atoms with van der Waals surface area (Å²) in [4.78, 5) is 9.08. The zero-order chi connectivity index (χ0) is 21.0. The normalized spacial score (nSPS) is 11.9. The first-order chi connectivity index (χ1) is 13.8. The highest BCUT2D eigenvalue weighted by Gasteiger charge is 2.17. The molecule has 2 heterocycles. The van der Waals surface area contributed by atoms with E-state index in [9.17, 15) is 0 Å². The van der Waals surface area contributed by atoms with Crippen molar-refractivity contribution in [2.75, 3.05) is 7.05 Å². The zero-order valence-corrected chi connectivity index (χ0v) is 21.6. The van der Waals surface area contributed by atoms with E-state index in [2.05, 4.69) is 72.0 Å². The number of hydrogen-bond donors (Lipinski definition) is 2. The highest BCUT2D eigenvalue weighted by atomic mass is 127. The van der Waals surface area contributed by atoms with Crippen molar-refractivity contribution in [3.05, 3.63) is 63.4 Å². The lowest BCUT2D eigenvalue weighted by Crippen LogP contribution is -2.36. The zero-order valence-electron chi connectivity index (χ0n) is 18.5. The van der Waals surface area contributed by atoms with Gasteiger partial charge >= 0.3 is 0 Å². The van der Waals surface area contributed by atoms with Gasteiger partial charge in [0.2, 0.25) is 0 Å². The highest BCUT2D eigenvalue weighted by Crippen LogP contribution is 2.23. The van der Waals surface area contributed by atoms with Crippen molar-refractivity contribution in [1.82, 2.24) is 25.4 Å². The first-order valence-corrected chi connectivity index (χ1v) is 10.7. The summed E-state index contributed by atoms with van der Waals surface area (Å²) in [7, 11) is 1.78. The van der Waals surface area contributed by atoms with E-state index in [0.29, 0.717) is 13.1 Å². The van der Waals surface area contributed by atoms with Crippen LogP contribution >= 0.6 is 35.3 Å². The van der Waals surface area contributed by atoms with E-state index < -0.39 is 0 Å². The first-order valence-electron chi connectivity index (χ1n) is 9.79. The Labute approximate surface area is 200 Å². The molecule has 3 rings (SSSR count). The Hall–Kier alpha value is -1.94. The molecule has 0 saturated heterocycles. The molecule has 2 aromatic heterocycles. The van der Waals surface area contributed by atoms with E-state index in [1.807, 2.05) is 23.7 Å². The third-order valence-corrected chi connectivity index (χ3v) is 5.48. The third-order valence-electron chi connectivity index (χ3n) is 4.63. The van der Waals surface area contributed by atoms with Crippen molar-refractivity contribution >= 4 is 41.3 Å². The molecule has 162 valence electrons. The summed E-state index contributed by atoms with van der Waals surface area (Å²) >= 11 is 1.68. The summed E-state index contributed by atoms with van der Waals surface area (Å²) in [6.07, 6.45) is 0. The van der Waals surface area contributed by atoms with Crippen LogP contribution in [0.25, 0.3) is 5.69 Å². The van der Waals surface area contributed by atoms with Gasteiger partial charge in [-0.2, -0.15) is 5.10 Å². The van der Waals surface area contributed by atoms with Crippen molar-refractivity contribution in [1.29, 1.82) is 0 Å². The first kappa shape index (κ1) is 24.3. The van der Waals surface area contributed by atoms with Crippen LogP contribution < -0.4 is 10.6 Å². The van der Waals surface area contributed by atoms with E-state index in [1.165, 1.54) is 0 Å². The summed E-state index contributed by atoms with van der Waals surface area (Å²) in [6.45, 7) is 11.9. The summed E-state index contributed by atoms with van der Waals surface area (Å²) in [5.74, 6) is 0.751. The molecule has 0 atom stereocenters. The maximum atomic E-state index is 4.73. The fourth-order valence-corrected chi connectivity index (χ4v) is 4.00. The number of aryl methyl sites for hydroxylation is 2. The predicted octanol–water partition coefficient (Wildman–Crippen LogP) is 4.73. The summed E-state index contributed by atoms with van der Waals surface area (Å²) in [5.41, 5.74) is 5.57. The number of benzene rings is 1. The minimum atomic E-state index is 0. The molecule has 0 fully saturated rings. The monoisotopic (exact) mass is 538 g/mol. The molecule has 0 saturated carbocycles. The van der Waals surface area contributed by atoms with E-state index >= 15 is 0 Å². The number of rotatable bonds is 5. The number of thiazole rings is 1. The standard InChI is InChI=1S/C22H30N6S.HI/c1-15-11-16(2)28(27-15)18-10-8-7-9-17(18)12-24-21(23-6)25-13-20-26-19(14-29-20)22(3,4)5;/h7-11,14H,12-13H2,1-6H3,(H2,23,24,25);1H. The van der Waals surface area contributed by atoms with Gasteiger partial charge in [0.25, 0.3) is 0 Å². The van der Waals surface area contributed by atoms with Gasteiger partial charge in [-0.3, -0.25) is 4.99 Å². The SMILES string of the molecule is CN=C(NCc1nc(C(C)(C)C)cs1)NCc1ccccc1-n1nc(C)cc1C.I. The molecule has 0 amide bonds. The lowest BCUT2D eigenvalue weighted by Gasteiger charge is -2.15. The fourth-order valence-electron chi connectivity index (χ4n) is 3.04. The van der Waals surface area contributed by atoms with Gasteiger partial charge < -0.3 is 10.6 Å². The number of nitrogens with zero attached hydrogens (tertiary/aromatic N) is 4. The molecular weight excluding hydrogens is 507 g/mol. The van der Waals surface area contributed by atoms with Crippen LogP contribution in [0.2, 0.25) is 0 Å². The van der Waals surface area contributed by atoms with Gasteiger partial charge in [0, 0.05) is 30.1 Å². The van der Waals surface area contributed by atoms with Crippen LogP contribution in [0.1, 0.15) is 48.4 Å². The smallest absolute Gasteiger partial charge is 0.191 e. The maximum Gasteiger partial charge on any atom is 0.191 e. The molecule has 8 heteroatoms. The van der Waals surface area contributed by atoms with Crippen LogP contribution in [0.3, 0.4) is 0 Å². The number of halogens is 1. The van der Waals surface area contributed by atoms with Crippen LogP contribution in [0.4, 0.5) is 0 Å². The molecule has 0 unspecified atom stereocenters.